The van der Waals surface area contributed by atoms with Crippen molar-refractivity contribution in [2.45, 2.75) is 40.2 Å². The van der Waals surface area contributed by atoms with Gasteiger partial charge >= 0.3 is 0 Å². The molecule has 0 unspecified atom stereocenters. The van der Waals surface area contributed by atoms with E-state index in [1.807, 2.05) is 49.9 Å². The fourth-order valence-corrected chi connectivity index (χ4v) is 2.91. The van der Waals surface area contributed by atoms with Gasteiger partial charge in [-0.2, -0.15) is 0 Å². The van der Waals surface area contributed by atoms with Gasteiger partial charge in [0.15, 0.2) is 5.96 Å². The van der Waals surface area contributed by atoms with Gasteiger partial charge in [0.1, 0.15) is 0 Å². The Kier molecular flexibility index (Phi) is 7.21. The van der Waals surface area contributed by atoms with Gasteiger partial charge in [0.25, 0.3) is 0 Å². The molecule has 1 heterocycles. The van der Waals surface area contributed by atoms with Crippen LogP contribution in [0.25, 0.3) is 0 Å². The Hall–Kier alpha value is -2.57. The summed E-state index contributed by atoms with van der Waals surface area (Å²) >= 11 is 0. The summed E-state index contributed by atoms with van der Waals surface area (Å²) in [5.41, 5.74) is 1.51. The molecule has 1 aliphatic rings. The molecule has 148 valence electrons. The van der Waals surface area contributed by atoms with Crippen LogP contribution in [0.5, 0.6) is 0 Å². The second-order valence-electron chi connectivity index (χ2n) is 7.34. The Labute approximate surface area is 161 Å². The normalized spacial score (nSPS) is 15.0. The van der Waals surface area contributed by atoms with Gasteiger partial charge in [-0.15, -0.1) is 0 Å². The van der Waals surface area contributed by atoms with Crippen LogP contribution in [0.15, 0.2) is 29.3 Å². The molecule has 2 amide bonds. The molecule has 0 spiro atoms. The predicted molar refractivity (Wildman–Crippen MR) is 109 cm³/mol. The van der Waals surface area contributed by atoms with E-state index in [-0.39, 0.29) is 11.8 Å². The maximum Gasteiger partial charge on any atom is 0.227 e. The molecule has 27 heavy (non-hydrogen) atoms. The van der Waals surface area contributed by atoms with Crippen LogP contribution < -0.4 is 20.9 Å². The monoisotopic (exact) mass is 373 g/mol. The maximum atomic E-state index is 12.1. The average Bonchev–Trinajstić information content (AvgIpc) is 3.08. The lowest BCUT2D eigenvalue weighted by atomic mass is 9.92. The highest BCUT2D eigenvalue weighted by molar-refractivity contribution is 5.95. The Balaban J connectivity index is 1.85. The van der Waals surface area contributed by atoms with Crippen LogP contribution in [0.4, 0.5) is 5.69 Å². The Bertz CT molecular complexity index is 682. The molecule has 0 bridgehead atoms. The molecule has 1 aromatic carbocycles. The van der Waals surface area contributed by atoms with Gasteiger partial charge in [-0.3, -0.25) is 14.6 Å². The van der Waals surface area contributed by atoms with Crippen molar-refractivity contribution in [2.24, 2.45) is 10.4 Å². The molecule has 0 aliphatic carbocycles. The third-order valence-electron chi connectivity index (χ3n) is 4.65. The van der Waals surface area contributed by atoms with Crippen LogP contribution in [0.1, 0.15) is 39.2 Å². The molecule has 7 nitrogen and oxygen atoms in total. The number of amides is 2. The molecular weight excluding hydrogens is 342 g/mol. The number of anilines is 1. The number of benzene rings is 1. The molecule has 1 saturated heterocycles. The summed E-state index contributed by atoms with van der Waals surface area (Å²) in [7, 11) is 1.70. The number of guanidine groups is 1. The highest BCUT2D eigenvalue weighted by atomic mass is 16.2. The summed E-state index contributed by atoms with van der Waals surface area (Å²) in [6, 6.07) is 7.99. The summed E-state index contributed by atoms with van der Waals surface area (Å²) in [4.78, 5) is 29.9. The second-order valence-corrected chi connectivity index (χ2v) is 7.34. The first-order valence-electron chi connectivity index (χ1n) is 9.49. The van der Waals surface area contributed by atoms with Gasteiger partial charge in [0.05, 0.1) is 5.41 Å². The van der Waals surface area contributed by atoms with Crippen molar-refractivity contribution >= 4 is 23.5 Å². The maximum absolute atomic E-state index is 12.1. The number of rotatable bonds is 7. The third-order valence-corrected chi connectivity index (χ3v) is 4.65. The van der Waals surface area contributed by atoms with Crippen LogP contribution in [0.2, 0.25) is 0 Å². The van der Waals surface area contributed by atoms with Gasteiger partial charge < -0.3 is 20.9 Å². The van der Waals surface area contributed by atoms with Crippen molar-refractivity contribution in [3.8, 4) is 0 Å². The number of nitrogens with one attached hydrogen (secondary N) is 3. The SMILES string of the molecule is CCNC(=O)C(C)(C)CNC(=NC)NCc1ccc(N2CCCC2=O)cc1. The minimum Gasteiger partial charge on any atom is -0.356 e. The molecule has 0 radical (unpaired) electrons. The summed E-state index contributed by atoms with van der Waals surface area (Å²) in [6.45, 7) is 8.22. The number of hydrogen-bond donors (Lipinski definition) is 3. The standard InChI is InChI=1S/C20H31N5O2/c1-5-22-18(27)20(2,3)14-24-19(21-4)23-13-15-8-10-16(11-9-15)25-12-6-7-17(25)26/h8-11H,5-7,12-14H2,1-4H3,(H,22,27)(H2,21,23,24). The summed E-state index contributed by atoms with van der Waals surface area (Å²) < 4.78 is 0. The van der Waals surface area contributed by atoms with E-state index in [9.17, 15) is 9.59 Å². The van der Waals surface area contributed by atoms with Crippen molar-refractivity contribution < 1.29 is 9.59 Å². The molecule has 1 aliphatic heterocycles. The van der Waals surface area contributed by atoms with Crippen molar-refractivity contribution in [1.82, 2.24) is 16.0 Å². The van der Waals surface area contributed by atoms with Gasteiger partial charge in [0.2, 0.25) is 11.8 Å². The van der Waals surface area contributed by atoms with Gasteiger partial charge in [-0.25, -0.2) is 0 Å². The summed E-state index contributed by atoms with van der Waals surface area (Å²) in [5, 5.41) is 9.31. The van der Waals surface area contributed by atoms with E-state index in [0.717, 1.165) is 24.2 Å². The lowest BCUT2D eigenvalue weighted by molar-refractivity contribution is -0.128. The van der Waals surface area contributed by atoms with E-state index in [4.69, 9.17) is 0 Å². The second kappa shape index (κ2) is 9.39. The average molecular weight is 374 g/mol. The predicted octanol–water partition coefficient (Wildman–Crippen LogP) is 1.64. The van der Waals surface area contributed by atoms with Crippen molar-refractivity contribution in [3.63, 3.8) is 0 Å². The molecule has 1 fully saturated rings. The van der Waals surface area contributed by atoms with Gasteiger partial charge in [-0.1, -0.05) is 12.1 Å². The number of carbonyl (C=O) groups is 2. The van der Waals surface area contributed by atoms with Gasteiger partial charge in [-0.05, 0) is 44.9 Å². The lowest BCUT2D eigenvalue weighted by Gasteiger charge is -2.25. The van der Waals surface area contributed by atoms with Crippen LogP contribution in [0, 0.1) is 5.41 Å². The van der Waals surface area contributed by atoms with Crippen LogP contribution in [-0.4, -0.2) is 44.5 Å². The van der Waals surface area contributed by atoms with Crippen LogP contribution in [-0.2, 0) is 16.1 Å². The molecule has 0 aromatic heterocycles. The smallest absolute Gasteiger partial charge is 0.227 e. The third kappa shape index (κ3) is 5.70. The Morgan fingerprint density at radius 1 is 1.19 bits per heavy atom. The highest BCUT2D eigenvalue weighted by Crippen LogP contribution is 2.21. The molecule has 7 heteroatoms. The number of hydrogen-bond acceptors (Lipinski definition) is 3. The molecule has 3 N–H and O–H groups in total. The quantitative estimate of drug-likeness (QED) is 0.501. The fourth-order valence-electron chi connectivity index (χ4n) is 2.91. The molecule has 2 rings (SSSR count). The van der Waals surface area contributed by atoms with Crippen LogP contribution >= 0.6 is 0 Å². The molecule has 0 atom stereocenters. The zero-order valence-electron chi connectivity index (χ0n) is 16.8. The Morgan fingerprint density at radius 2 is 1.89 bits per heavy atom. The minimum atomic E-state index is -0.530. The zero-order chi connectivity index (χ0) is 19.9. The van der Waals surface area contributed by atoms with Crippen molar-refractivity contribution in [3.05, 3.63) is 29.8 Å². The van der Waals surface area contributed by atoms with E-state index in [1.54, 1.807) is 7.05 Å². The van der Waals surface area contributed by atoms with Crippen molar-refractivity contribution in [1.29, 1.82) is 0 Å². The van der Waals surface area contributed by atoms with E-state index in [0.29, 0.717) is 32.0 Å². The Morgan fingerprint density at radius 3 is 2.44 bits per heavy atom. The fraction of sp³-hybridized carbons (Fsp3) is 0.550. The molecule has 0 saturated carbocycles. The largest absolute Gasteiger partial charge is 0.356 e. The minimum absolute atomic E-state index is 0.0139. The highest BCUT2D eigenvalue weighted by Gasteiger charge is 2.27. The zero-order valence-corrected chi connectivity index (χ0v) is 16.8. The first-order chi connectivity index (χ1) is 12.9. The lowest BCUT2D eigenvalue weighted by Crippen LogP contribution is -2.47. The first-order valence-corrected chi connectivity index (χ1v) is 9.49. The topological polar surface area (TPSA) is 85.8 Å². The first kappa shape index (κ1) is 20.7. The van der Waals surface area contributed by atoms with Crippen molar-refractivity contribution in [2.75, 3.05) is 31.6 Å². The number of nitrogens with zero attached hydrogens (tertiary/aromatic N) is 2. The number of carbonyl (C=O) groups excluding carboxylic acids is 2. The van der Waals surface area contributed by atoms with E-state index in [2.05, 4.69) is 20.9 Å². The van der Waals surface area contributed by atoms with E-state index < -0.39 is 5.41 Å². The summed E-state index contributed by atoms with van der Waals surface area (Å²) in [6.07, 6.45) is 1.56. The van der Waals surface area contributed by atoms with Gasteiger partial charge in [0, 0.05) is 45.3 Å². The van der Waals surface area contributed by atoms with E-state index in [1.165, 1.54) is 0 Å². The molecule has 1 aromatic rings. The number of aliphatic imine (C=N–C) groups is 1. The molecular formula is C20H31N5O2. The summed E-state index contributed by atoms with van der Waals surface area (Å²) in [5.74, 6) is 0.853. The van der Waals surface area contributed by atoms with E-state index >= 15 is 0 Å². The van der Waals surface area contributed by atoms with Crippen LogP contribution in [0.3, 0.4) is 0 Å².